The molecule has 0 aromatic heterocycles. The highest BCUT2D eigenvalue weighted by molar-refractivity contribution is 7.92. The third-order valence-electron chi connectivity index (χ3n) is 6.79. The number of sulfone groups is 1. The van der Waals surface area contributed by atoms with Gasteiger partial charge in [-0.1, -0.05) is 16.8 Å². The number of aliphatic hydroxyl groups is 1. The molecule has 0 saturated heterocycles. The van der Waals surface area contributed by atoms with Crippen LogP contribution in [0.3, 0.4) is 0 Å². The molecule has 4 atom stereocenters. The van der Waals surface area contributed by atoms with Crippen LogP contribution in [0.25, 0.3) is 0 Å². The van der Waals surface area contributed by atoms with Gasteiger partial charge in [0.15, 0.2) is 27.3 Å². The molecule has 2 aromatic rings. The van der Waals surface area contributed by atoms with Gasteiger partial charge in [0.1, 0.15) is 11.2 Å². The molecule has 2 aliphatic carbocycles. The monoisotopic (exact) mass is 572 g/mol. The summed E-state index contributed by atoms with van der Waals surface area (Å²) >= 11 is 6.27. The Morgan fingerprint density at radius 3 is 2.26 bits per heavy atom. The second-order valence-corrected chi connectivity index (χ2v) is 13.4. The Morgan fingerprint density at radius 2 is 1.71 bits per heavy atom. The van der Waals surface area contributed by atoms with Crippen molar-refractivity contribution in [3.8, 4) is 0 Å². The Labute approximate surface area is 223 Å². The Morgan fingerprint density at radius 1 is 1.13 bits per heavy atom. The molecule has 38 heavy (non-hydrogen) atoms. The first-order valence-corrected chi connectivity index (χ1v) is 14.0. The minimum Gasteiger partial charge on any atom is -0.390 e. The topological polar surface area (TPSA) is 105 Å². The smallest absolute Gasteiger partial charge is 0.255 e. The first kappa shape index (κ1) is 28.4. The Bertz CT molecular complexity index is 1360. The lowest BCUT2D eigenvalue weighted by molar-refractivity contribution is -0.00664. The number of hydrogen-bond donors (Lipinski definition) is 2. The zero-order valence-electron chi connectivity index (χ0n) is 21.0. The van der Waals surface area contributed by atoms with Crippen molar-refractivity contribution in [2.24, 2.45) is 17.0 Å². The van der Waals surface area contributed by atoms with E-state index in [0.29, 0.717) is 25.0 Å². The summed E-state index contributed by atoms with van der Waals surface area (Å²) in [6.45, 7) is 5.45. The van der Waals surface area contributed by atoms with E-state index < -0.39 is 49.6 Å². The number of carbonyl (C=O) groups excluding carboxylic acids is 1. The summed E-state index contributed by atoms with van der Waals surface area (Å²) in [5, 5.41) is 16.3. The molecule has 3 unspecified atom stereocenters. The SMILES string of the molecule is CC(C)(C)O/N=C/C1(O)CC2CC[C@@H](C1)C2S(=O)(=O)c1cc(C(=O)Nc2cc(F)c(F)c(F)c2)ccc1Cl. The van der Waals surface area contributed by atoms with Crippen LogP contribution in [0, 0.1) is 29.3 Å². The van der Waals surface area contributed by atoms with E-state index >= 15 is 0 Å². The average molecular weight is 573 g/mol. The number of oxime groups is 1. The molecule has 12 heteroatoms. The highest BCUT2D eigenvalue weighted by atomic mass is 35.5. The van der Waals surface area contributed by atoms with E-state index in [1.807, 2.05) is 20.8 Å². The molecule has 0 radical (unpaired) electrons. The summed E-state index contributed by atoms with van der Waals surface area (Å²) in [6, 6.07) is 4.86. The minimum absolute atomic E-state index is 0.0826. The van der Waals surface area contributed by atoms with Gasteiger partial charge in [-0.05, 0) is 76.5 Å². The van der Waals surface area contributed by atoms with Crippen molar-refractivity contribution in [2.75, 3.05) is 5.32 Å². The van der Waals surface area contributed by atoms with Crippen LogP contribution in [0.2, 0.25) is 5.02 Å². The van der Waals surface area contributed by atoms with Crippen molar-refractivity contribution >= 4 is 39.2 Å². The fraction of sp³-hybridized carbons (Fsp3) is 0.462. The van der Waals surface area contributed by atoms with E-state index in [4.69, 9.17) is 16.4 Å². The molecular weight excluding hydrogens is 545 g/mol. The highest BCUT2D eigenvalue weighted by Crippen LogP contribution is 2.51. The van der Waals surface area contributed by atoms with Gasteiger partial charge in [-0.2, -0.15) is 0 Å². The van der Waals surface area contributed by atoms with Gasteiger partial charge in [0.25, 0.3) is 5.91 Å². The number of nitrogens with one attached hydrogen (secondary N) is 1. The normalized spacial score (nSPS) is 25.5. The van der Waals surface area contributed by atoms with Gasteiger partial charge < -0.3 is 15.3 Å². The van der Waals surface area contributed by atoms with Crippen molar-refractivity contribution in [1.82, 2.24) is 0 Å². The quantitative estimate of drug-likeness (QED) is 0.270. The van der Waals surface area contributed by atoms with Crippen LogP contribution in [0.15, 0.2) is 40.4 Å². The summed E-state index contributed by atoms with van der Waals surface area (Å²) < 4.78 is 67.9. The van der Waals surface area contributed by atoms with Gasteiger partial charge in [0, 0.05) is 23.4 Å². The Hall–Kier alpha value is -2.63. The van der Waals surface area contributed by atoms with E-state index in [2.05, 4.69) is 10.5 Å². The van der Waals surface area contributed by atoms with Crippen molar-refractivity contribution in [3.05, 3.63) is 58.4 Å². The van der Waals surface area contributed by atoms with Crippen molar-refractivity contribution < 1.29 is 36.3 Å². The Kier molecular flexibility index (Phi) is 7.59. The number of fused-ring (bicyclic) bond motifs is 2. The van der Waals surface area contributed by atoms with Gasteiger partial charge in [0.2, 0.25) is 0 Å². The summed E-state index contributed by atoms with van der Waals surface area (Å²) in [7, 11) is -4.04. The molecule has 2 aromatic carbocycles. The number of benzene rings is 2. The van der Waals surface area contributed by atoms with Gasteiger partial charge in [-0.15, -0.1) is 0 Å². The summed E-state index contributed by atoms with van der Waals surface area (Å²) in [5.41, 5.74) is -2.31. The molecule has 0 spiro atoms. The van der Waals surface area contributed by atoms with Crippen LogP contribution in [0.5, 0.6) is 0 Å². The second kappa shape index (κ2) is 10.2. The zero-order valence-corrected chi connectivity index (χ0v) is 22.5. The fourth-order valence-corrected chi connectivity index (χ4v) is 8.15. The first-order valence-electron chi connectivity index (χ1n) is 12.0. The maximum atomic E-state index is 13.8. The third kappa shape index (κ3) is 5.84. The van der Waals surface area contributed by atoms with Gasteiger partial charge in [0.05, 0.1) is 21.4 Å². The second-order valence-electron chi connectivity index (χ2n) is 10.9. The van der Waals surface area contributed by atoms with Crippen molar-refractivity contribution in [3.63, 3.8) is 0 Å². The number of anilines is 1. The predicted octanol–water partition coefficient (Wildman–Crippen LogP) is 5.50. The van der Waals surface area contributed by atoms with Gasteiger partial charge >= 0.3 is 0 Å². The number of hydrogen-bond acceptors (Lipinski definition) is 6. The van der Waals surface area contributed by atoms with Crippen LogP contribution in [0.1, 0.15) is 56.8 Å². The molecule has 2 saturated carbocycles. The molecular formula is C26H28ClF3N2O5S. The Balaban J connectivity index is 1.57. The molecule has 2 N–H and O–H groups in total. The van der Waals surface area contributed by atoms with E-state index in [-0.39, 0.29) is 45.8 Å². The third-order valence-corrected chi connectivity index (χ3v) is 9.67. The van der Waals surface area contributed by atoms with Crippen LogP contribution in [-0.4, -0.2) is 42.1 Å². The molecule has 4 rings (SSSR count). The van der Waals surface area contributed by atoms with Gasteiger partial charge in [-0.25, -0.2) is 21.6 Å². The maximum Gasteiger partial charge on any atom is 0.255 e. The zero-order chi connectivity index (χ0) is 28.0. The highest BCUT2D eigenvalue weighted by Gasteiger charge is 2.54. The molecule has 7 nitrogen and oxygen atoms in total. The van der Waals surface area contributed by atoms with Gasteiger partial charge in [-0.3, -0.25) is 4.79 Å². The lowest BCUT2D eigenvalue weighted by Gasteiger charge is -2.38. The largest absolute Gasteiger partial charge is 0.390 e. The molecule has 2 bridgehead atoms. The molecule has 1 amide bonds. The number of carbonyl (C=O) groups is 1. The number of nitrogens with zero attached hydrogens (tertiary/aromatic N) is 1. The minimum atomic E-state index is -4.04. The molecule has 0 heterocycles. The van der Waals surface area contributed by atoms with Crippen LogP contribution in [0.4, 0.5) is 18.9 Å². The lowest BCUT2D eigenvalue weighted by Crippen LogP contribution is -2.47. The van der Waals surface area contributed by atoms with Crippen LogP contribution < -0.4 is 5.32 Å². The molecule has 2 fully saturated rings. The van der Waals surface area contributed by atoms with E-state index in [1.165, 1.54) is 18.3 Å². The van der Waals surface area contributed by atoms with Crippen molar-refractivity contribution in [2.45, 2.75) is 67.8 Å². The molecule has 0 aliphatic heterocycles. The summed E-state index contributed by atoms with van der Waals surface area (Å²) in [6.07, 6.45) is 2.86. The molecule has 2 aliphatic rings. The standard InChI is InChI=1S/C26H28ClF3N2O5S/c1-25(2,3)37-31-13-26(34)11-15-4-5-16(12-26)23(15)38(35,36)21-8-14(6-7-18(21)27)24(33)32-17-9-19(28)22(30)20(29)10-17/h6-10,13,15-16,23,34H,4-5,11-12H2,1-3H3,(H,32,33)/b31-13+/t15-,16?,23?,26?/m0/s1. The average Bonchev–Trinajstić information content (AvgIpc) is 3.10. The van der Waals surface area contributed by atoms with E-state index in [1.54, 1.807) is 0 Å². The lowest BCUT2D eigenvalue weighted by atomic mass is 9.78. The maximum absolute atomic E-state index is 13.8. The summed E-state index contributed by atoms with van der Waals surface area (Å²) in [4.78, 5) is 17.8. The van der Waals surface area contributed by atoms with Crippen molar-refractivity contribution in [1.29, 1.82) is 0 Å². The first-order chi connectivity index (χ1) is 17.6. The summed E-state index contributed by atoms with van der Waals surface area (Å²) in [5.74, 6) is -6.25. The number of amides is 1. The van der Waals surface area contributed by atoms with E-state index in [9.17, 15) is 31.5 Å². The van der Waals surface area contributed by atoms with E-state index in [0.717, 1.165) is 6.07 Å². The van der Waals surface area contributed by atoms with Crippen LogP contribution >= 0.6 is 11.6 Å². The van der Waals surface area contributed by atoms with Crippen LogP contribution in [-0.2, 0) is 14.7 Å². The number of halogens is 4. The number of rotatable bonds is 6. The predicted molar refractivity (Wildman–Crippen MR) is 136 cm³/mol. The fourth-order valence-electron chi connectivity index (χ4n) is 5.30. The molecule has 206 valence electrons.